The number of H-pyrrole nitrogens is 1. The van der Waals surface area contributed by atoms with Crippen molar-refractivity contribution < 1.29 is 4.79 Å². The van der Waals surface area contributed by atoms with Crippen LogP contribution in [0.15, 0.2) is 60.9 Å². The highest BCUT2D eigenvalue weighted by atomic mass is 16.1. The van der Waals surface area contributed by atoms with E-state index in [2.05, 4.69) is 20.3 Å². The molecule has 3 aromatic rings. The van der Waals surface area contributed by atoms with Crippen LogP contribution in [0.5, 0.6) is 0 Å². The molecular formula is C17H16N4O. The number of aromatic nitrogens is 3. The lowest BCUT2D eigenvalue weighted by Crippen LogP contribution is -2.28. The van der Waals surface area contributed by atoms with Gasteiger partial charge in [0.15, 0.2) is 0 Å². The van der Waals surface area contributed by atoms with E-state index in [1.54, 1.807) is 30.6 Å². The monoisotopic (exact) mass is 292 g/mol. The van der Waals surface area contributed by atoms with E-state index in [1.807, 2.05) is 37.3 Å². The summed E-state index contributed by atoms with van der Waals surface area (Å²) in [6.07, 6.45) is 3.37. The maximum atomic E-state index is 12.1. The lowest BCUT2D eigenvalue weighted by atomic mass is 10.2. The molecule has 110 valence electrons. The zero-order valence-corrected chi connectivity index (χ0v) is 12.2. The second kappa shape index (κ2) is 6.22. The number of rotatable bonds is 4. The predicted octanol–water partition coefficient (Wildman–Crippen LogP) is 2.96. The molecule has 1 aromatic carbocycles. The summed E-state index contributed by atoms with van der Waals surface area (Å²) < 4.78 is 0. The molecule has 1 atom stereocenters. The van der Waals surface area contributed by atoms with Crippen LogP contribution < -0.4 is 5.32 Å². The van der Waals surface area contributed by atoms with Gasteiger partial charge in [-0.05, 0) is 24.6 Å². The minimum atomic E-state index is -0.230. The maximum absolute atomic E-state index is 12.1. The molecular weight excluding hydrogens is 276 g/mol. The molecule has 0 radical (unpaired) electrons. The summed E-state index contributed by atoms with van der Waals surface area (Å²) in [5.41, 5.74) is 2.38. The molecule has 0 saturated heterocycles. The molecule has 5 nitrogen and oxygen atoms in total. The fourth-order valence-electron chi connectivity index (χ4n) is 2.16. The van der Waals surface area contributed by atoms with Crippen molar-refractivity contribution in [1.29, 1.82) is 0 Å². The molecule has 0 aliphatic rings. The summed E-state index contributed by atoms with van der Waals surface area (Å²) in [6, 6.07) is 14.9. The maximum Gasteiger partial charge on any atom is 0.270 e. The summed E-state index contributed by atoms with van der Waals surface area (Å²) in [6.45, 7) is 1.88. The van der Waals surface area contributed by atoms with Crippen molar-refractivity contribution in [2.45, 2.75) is 13.0 Å². The molecule has 1 amide bonds. The normalized spacial score (nSPS) is 11.9. The Morgan fingerprint density at radius 3 is 2.59 bits per heavy atom. The van der Waals surface area contributed by atoms with E-state index >= 15 is 0 Å². The zero-order valence-electron chi connectivity index (χ0n) is 12.2. The first-order valence-electron chi connectivity index (χ1n) is 7.06. The highest BCUT2D eigenvalue weighted by Gasteiger charge is 2.15. The van der Waals surface area contributed by atoms with Crippen LogP contribution in [0.1, 0.15) is 29.3 Å². The van der Waals surface area contributed by atoms with Gasteiger partial charge in [-0.25, -0.2) is 4.98 Å². The first kappa shape index (κ1) is 14.0. The molecule has 22 heavy (non-hydrogen) atoms. The van der Waals surface area contributed by atoms with Crippen molar-refractivity contribution in [2.75, 3.05) is 0 Å². The van der Waals surface area contributed by atoms with Gasteiger partial charge in [-0.2, -0.15) is 0 Å². The average molecular weight is 292 g/mol. The van der Waals surface area contributed by atoms with E-state index in [0.717, 1.165) is 11.3 Å². The lowest BCUT2D eigenvalue weighted by molar-refractivity contribution is 0.0933. The Balaban J connectivity index is 1.72. The van der Waals surface area contributed by atoms with Crippen molar-refractivity contribution in [3.8, 4) is 11.3 Å². The molecule has 0 fully saturated rings. The lowest BCUT2D eigenvalue weighted by Gasteiger charge is -2.11. The van der Waals surface area contributed by atoms with Gasteiger partial charge in [0.1, 0.15) is 11.5 Å². The average Bonchev–Trinajstić information content (AvgIpc) is 3.06. The van der Waals surface area contributed by atoms with E-state index in [9.17, 15) is 4.79 Å². The number of carbonyl (C=O) groups excluding carboxylic acids is 1. The smallest absolute Gasteiger partial charge is 0.270 e. The topological polar surface area (TPSA) is 70.7 Å². The van der Waals surface area contributed by atoms with Gasteiger partial charge in [0, 0.05) is 6.20 Å². The van der Waals surface area contributed by atoms with Crippen molar-refractivity contribution in [3.05, 3.63) is 72.4 Å². The molecule has 0 unspecified atom stereocenters. The van der Waals surface area contributed by atoms with Crippen LogP contribution in [-0.2, 0) is 0 Å². The standard InChI is InChI=1S/C17H16N4O/c1-12(20-17(22)14-9-5-6-10-18-14)16-19-11-15(21-16)13-7-3-2-4-8-13/h2-12H,1H3,(H,19,21)(H,20,22)/t12-/m0/s1. The van der Waals surface area contributed by atoms with Crippen LogP contribution in [-0.4, -0.2) is 20.9 Å². The van der Waals surface area contributed by atoms with Crippen LogP contribution in [0.25, 0.3) is 11.3 Å². The number of aromatic amines is 1. The molecule has 2 aromatic heterocycles. The molecule has 0 bridgehead atoms. The molecule has 2 N–H and O–H groups in total. The van der Waals surface area contributed by atoms with Crippen molar-refractivity contribution in [2.24, 2.45) is 0 Å². The molecule has 0 aliphatic carbocycles. The number of amides is 1. The number of hydrogen-bond acceptors (Lipinski definition) is 3. The van der Waals surface area contributed by atoms with Gasteiger partial charge in [0.05, 0.1) is 17.9 Å². The SMILES string of the molecule is C[C@H](NC(=O)c1ccccn1)c1ncc(-c2ccccc2)[nH]1. The highest BCUT2D eigenvalue weighted by Crippen LogP contribution is 2.18. The number of imidazole rings is 1. The van der Waals surface area contributed by atoms with E-state index in [0.29, 0.717) is 11.5 Å². The quantitative estimate of drug-likeness (QED) is 0.776. The van der Waals surface area contributed by atoms with Crippen LogP contribution in [0, 0.1) is 0 Å². The number of benzene rings is 1. The van der Waals surface area contributed by atoms with E-state index in [4.69, 9.17) is 0 Å². The van der Waals surface area contributed by atoms with Crippen LogP contribution in [0.4, 0.5) is 0 Å². The Morgan fingerprint density at radius 1 is 1.09 bits per heavy atom. The van der Waals surface area contributed by atoms with E-state index in [1.165, 1.54) is 0 Å². The zero-order chi connectivity index (χ0) is 15.4. The van der Waals surface area contributed by atoms with E-state index < -0.39 is 0 Å². The first-order valence-corrected chi connectivity index (χ1v) is 7.06. The van der Waals surface area contributed by atoms with Gasteiger partial charge in [0.2, 0.25) is 0 Å². The number of hydrogen-bond donors (Lipinski definition) is 2. The molecule has 0 spiro atoms. The Hall–Kier alpha value is -2.95. The Morgan fingerprint density at radius 2 is 1.86 bits per heavy atom. The largest absolute Gasteiger partial charge is 0.341 e. The van der Waals surface area contributed by atoms with Gasteiger partial charge >= 0.3 is 0 Å². The second-order valence-electron chi connectivity index (χ2n) is 4.96. The third-order valence-corrected chi connectivity index (χ3v) is 3.34. The molecule has 2 heterocycles. The van der Waals surface area contributed by atoms with Crippen molar-refractivity contribution in [1.82, 2.24) is 20.3 Å². The van der Waals surface area contributed by atoms with Gasteiger partial charge in [0.25, 0.3) is 5.91 Å². The van der Waals surface area contributed by atoms with Crippen molar-refractivity contribution >= 4 is 5.91 Å². The highest BCUT2D eigenvalue weighted by molar-refractivity contribution is 5.92. The summed E-state index contributed by atoms with van der Waals surface area (Å²) in [5, 5.41) is 2.88. The number of carbonyl (C=O) groups is 1. The van der Waals surface area contributed by atoms with Crippen LogP contribution in [0.2, 0.25) is 0 Å². The van der Waals surface area contributed by atoms with Gasteiger partial charge in [-0.1, -0.05) is 36.4 Å². The van der Waals surface area contributed by atoms with E-state index in [-0.39, 0.29) is 11.9 Å². The Kier molecular flexibility index (Phi) is 3.96. The summed E-state index contributed by atoms with van der Waals surface area (Å²) in [4.78, 5) is 23.7. The number of pyridine rings is 1. The minimum absolute atomic E-state index is 0.217. The minimum Gasteiger partial charge on any atom is -0.341 e. The Bertz CT molecular complexity index is 753. The predicted molar refractivity (Wildman–Crippen MR) is 84.1 cm³/mol. The van der Waals surface area contributed by atoms with Gasteiger partial charge in [-0.15, -0.1) is 0 Å². The fraction of sp³-hybridized carbons (Fsp3) is 0.118. The summed E-state index contributed by atoms with van der Waals surface area (Å²) >= 11 is 0. The molecule has 5 heteroatoms. The van der Waals surface area contributed by atoms with Crippen LogP contribution >= 0.6 is 0 Å². The molecule has 0 saturated carbocycles. The van der Waals surface area contributed by atoms with Crippen molar-refractivity contribution in [3.63, 3.8) is 0 Å². The number of nitrogens with one attached hydrogen (secondary N) is 2. The van der Waals surface area contributed by atoms with Crippen LogP contribution in [0.3, 0.4) is 0 Å². The third-order valence-electron chi connectivity index (χ3n) is 3.34. The summed E-state index contributed by atoms with van der Waals surface area (Å²) in [7, 11) is 0. The molecule has 0 aliphatic heterocycles. The van der Waals surface area contributed by atoms with Gasteiger partial charge < -0.3 is 10.3 Å². The fourth-order valence-corrected chi connectivity index (χ4v) is 2.16. The summed E-state index contributed by atoms with van der Waals surface area (Å²) in [5.74, 6) is 0.494. The molecule has 3 rings (SSSR count). The van der Waals surface area contributed by atoms with Gasteiger partial charge in [-0.3, -0.25) is 9.78 Å². The number of nitrogens with zero attached hydrogens (tertiary/aromatic N) is 2. The Labute approximate surface area is 128 Å². The third kappa shape index (κ3) is 3.03. The first-order chi connectivity index (χ1) is 10.7. The second-order valence-corrected chi connectivity index (χ2v) is 4.96.